The van der Waals surface area contributed by atoms with E-state index in [0.29, 0.717) is 4.31 Å². The largest absolute Gasteiger partial charge is 0.467 e. The SMILES string of the molecule is COC(=O)C1(C(=O)OC)C(c2ccc([N+](=O)[O-])cc2)N1S(=O)(=O)c1ccc(C)cc1. The highest BCUT2D eigenvalue weighted by molar-refractivity contribution is 7.89. The van der Waals surface area contributed by atoms with Crippen LogP contribution in [0, 0.1) is 17.0 Å². The number of carbonyl (C=O) groups excluding carboxylic acids is 2. The lowest BCUT2D eigenvalue weighted by Gasteiger charge is -2.13. The van der Waals surface area contributed by atoms with E-state index in [1.165, 1.54) is 24.3 Å². The number of hydrogen-bond acceptors (Lipinski definition) is 8. The summed E-state index contributed by atoms with van der Waals surface area (Å²) in [4.78, 5) is 35.5. The molecule has 158 valence electrons. The van der Waals surface area contributed by atoms with Crippen LogP contribution in [0.15, 0.2) is 53.4 Å². The van der Waals surface area contributed by atoms with Crippen LogP contribution in [0.2, 0.25) is 0 Å². The van der Waals surface area contributed by atoms with Gasteiger partial charge in [0.15, 0.2) is 0 Å². The van der Waals surface area contributed by atoms with Crippen LogP contribution in [0.3, 0.4) is 0 Å². The Morgan fingerprint density at radius 3 is 1.93 bits per heavy atom. The molecule has 2 aromatic rings. The second-order valence-electron chi connectivity index (χ2n) is 6.61. The molecule has 1 saturated heterocycles. The summed E-state index contributed by atoms with van der Waals surface area (Å²) in [5.74, 6) is -2.23. The number of nitrogens with zero attached hydrogens (tertiary/aromatic N) is 2. The maximum atomic E-state index is 13.3. The van der Waals surface area contributed by atoms with E-state index in [1.807, 2.05) is 0 Å². The summed E-state index contributed by atoms with van der Waals surface area (Å²) < 4.78 is 36.8. The number of nitro benzene ring substituents is 1. The van der Waals surface area contributed by atoms with Crippen LogP contribution >= 0.6 is 0 Å². The number of methoxy groups -OCH3 is 2. The first-order valence-electron chi connectivity index (χ1n) is 8.64. The quantitative estimate of drug-likeness (QED) is 0.221. The first kappa shape index (κ1) is 21.4. The maximum absolute atomic E-state index is 13.3. The van der Waals surface area contributed by atoms with Gasteiger partial charge in [0.05, 0.1) is 30.1 Å². The zero-order valence-electron chi connectivity index (χ0n) is 16.3. The number of rotatable bonds is 6. The average Bonchev–Trinajstić information content (AvgIpc) is 3.45. The molecule has 0 N–H and O–H groups in total. The van der Waals surface area contributed by atoms with Crippen LogP contribution in [0.4, 0.5) is 5.69 Å². The van der Waals surface area contributed by atoms with Crippen molar-refractivity contribution in [3.05, 3.63) is 69.8 Å². The molecule has 0 amide bonds. The fourth-order valence-electron chi connectivity index (χ4n) is 3.37. The minimum absolute atomic E-state index is 0.130. The van der Waals surface area contributed by atoms with E-state index in [1.54, 1.807) is 19.1 Å². The van der Waals surface area contributed by atoms with Gasteiger partial charge in [0.2, 0.25) is 10.0 Å². The molecule has 0 aromatic heterocycles. The van der Waals surface area contributed by atoms with Crippen molar-refractivity contribution < 1.29 is 32.4 Å². The second-order valence-corrected chi connectivity index (χ2v) is 8.43. The topological polar surface area (TPSA) is 133 Å². The van der Waals surface area contributed by atoms with Gasteiger partial charge >= 0.3 is 11.9 Å². The van der Waals surface area contributed by atoms with E-state index in [0.717, 1.165) is 31.9 Å². The molecule has 1 aliphatic rings. The fraction of sp³-hybridized carbons (Fsp3) is 0.263. The van der Waals surface area contributed by atoms with E-state index in [9.17, 15) is 28.1 Å². The lowest BCUT2D eigenvalue weighted by molar-refractivity contribution is -0.384. The summed E-state index contributed by atoms with van der Waals surface area (Å²) in [5.41, 5.74) is -1.48. The van der Waals surface area contributed by atoms with Gasteiger partial charge in [-0.25, -0.2) is 18.0 Å². The molecule has 2 aromatic carbocycles. The molecule has 30 heavy (non-hydrogen) atoms. The zero-order chi connectivity index (χ0) is 22.3. The van der Waals surface area contributed by atoms with Crippen LogP contribution in [-0.2, 0) is 29.1 Å². The Bertz CT molecular complexity index is 1090. The maximum Gasteiger partial charge on any atom is 0.341 e. The van der Waals surface area contributed by atoms with E-state index in [-0.39, 0.29) is 16.1 Å². The van der Waals surface area contributed by atoms with Gasteiger partial charge in [-0.3, -0.25) is 10.1 Å². The monoisotopic (exact) mass is 434 g/mol. The molecule has 1 aliphatic heterocycles. The highest BCUT2D eigenvalue weighted by Gasteiger charge is 2.80. The highest BCUT2D eigenvalue weighted by Crippen LogP contribution is 2.58. The molecule has 2 atom stereocenters. The van der Waals surface area contributed by atoms with Gasteiger partial charge in [0.1, 0.15) is 0 Å². The van der Waals surface area contributed by atoms with E-state index in [4.69, 9.17) is 9.47 Å². The minimum atomic E-state index is -4.33. The third kappa shape index (κ3) is 3.12. The lowest BCUT2D eigenvalue weighted by Crippen LogP contribution is -2.42. The standard InChI is InChI=1S/C19H18N2O8S/c1-12-4-10-15(11-5-12)30(26,27)20-16(13-6-8-14(9-7-13)21(24)25)19(20,17(22)28-2)18(23)29-3/h4-11,16H,1-3H3. The third-order valence-electron chi connectivity index (χ3n) is 4.90. The Kier molecular flexibility index (Phi) is 5.35. The molecule has 2 unspecified atom stereocenters. The van der Waals surface area contributed by atoms with Crippen LogP contribution in [0.25, 0.3) is 0 Å². The highest BCUT2D eigenvalue weighted by atomic mass is 32.2. The molecule has 11 heteroatoms. The summed E-state index contributed by atoms with van der Waals surface area (Å²) in [6.45, 7) is 1.78. The number of nitro groups is 1. The molecule has 0 bridgehead atoms. The number of sulfonamides is 1. The van der Waals surface area contributed by atoms with Crippen molar-refractivity contribution in [3.63, 3.8) is 0 Å². The van der Waals surface area contributed by atoms with Gasteiger partial charge in [-0.1, -0.05) is 29.8 Å². The Labute approximate surface area is 172 Å². The van der Waals surface area contributed by atoms with Crippen molar-refractivity contribution in [2.45, 2.75) is 23.4 Å². The number of carbonyl (C=O) groups is 2. The van der Waals surface area contributed by atoms with Gasteiger partial charge in [-0.15, -0.1) is 0 Å². The number of ether oxygens (including phenoxy) is 2. The predicted molar refractivity (Wildman–Crippen MR) is 103 cm³/mol. The second kappa shape index (κ2) is 7.50. The summed E-state index contributed by atoms with van der Waals surface area (Å²) in [6.07, 6.45) is 0. The van der Waals surface area contributed by atoms with E-state index >= 15 is 0 Å². The normalized spacial score (nSPS) is 19.6. The smallest absolute Gasteiger partial charge is 0.341 e. The van der Waals surface area contributed by atoms with Crippen molar-refractivity contribution in [1.82, 2.24) is 4.31 Å². The number of non-ortho nitro benzene ring substituents is 1. The minimum Gasteiger partial charge on any atom is -0.467 e. The van der Waals surface area contributed by atoms with Gasteiger partial charge in [0.25, 0.3) is 11.2 Å². The first-order valence-corrected chi connectivity index (χ1v) is 10.1. The summed E-state index contributed by atoms with van der Waals surface area (Å²) in [6, 6.07) is 9.47. The third-order valence-corrected chi connectivity index (χ3v) is 6.79. The van der Waals surface area contributed by atoms with E-state index in [2.05, 4.69) is 0 Å². The number of aryl methyl sites for hydroxylation is 1. The van der Waals surface area contributed by atoms with Crippen LogP contribution < -0.4 is 0 Å². The average molecular weight is 434 g/mol. The van der Waals surface area contributed by atoms with Gasteiger partial charge in [0, 0.05) is 12.1 Å². The lowest BCUT2D eigenvalue weighted by atomic mass is 9.99. The number of hydrogen-bond donors (Lipinski definition) is 0. The molecular weight excluding hydrogens is 416 g/mol. The van der Waals surface area contributed by atoms with Crippen molar-refractivity contribution in [3.8, 4) is 0 Å². The first-order chi connectivity index (χ1) is 14.1. The van der Waals surface area contributed by atoms with E-state index < -0.39 is 38.5 Å². The molecule has 0 saturated carbocycles. The molecule has 0 spiro atoms. The molecule has 10 nitrogen and oxygen atoms in total. The predicted octanol–water partition coefficient (Wildman–Crippen LogP) is 1.73. The van der Waals surface area contributed by atoms with Crippen molar-refractivity contribution >= 4 is 27.6 Å². The molecule has 3 rings (SSSR count). The Morgan fingerprint density at radius 2 is 1.50 bits per heavy atom. The molecular formula is C19H18N2O8S. The summed E-state index contributed by atoms with van der Waals surface area (Å²) in [7, 11) is -2.28. The number of esters is 2. The van der Waals surface area contributed by atoms with Crippen molar-refractivity contribution in [1.29, 1.82) is 0 Å². The summed E-state index contributed by atoms with van der Waals surface area (Å²) >= 11 is 0. The summed E-state index contributed by atoms with van der Waals surface area (Å²) in [5, 5.41) is 10.9. The number of benzene rings is 2. The van der Waals surface area contributed by atoms with Gasteiger partial charge in [-0.05, 0) is 24.6 Å². The van der Waals surface area contributed by atoms with Crippen LogP contribution in [0.1, 0.15) is 17.2 Å². The Balaban J connectivity index is 2.18. The van der Waals surface area contributed by atoms with Crippen LogP contribution in [0.5, 0.6) is 0 Å². The van der Waals surface area contributed by atoms with Gasteiger partial charge < -0.3 is 9.47 Å². The van der Waals surface area contributed by atoms with Crippen LogP contribution in [-0.4, -0.2) is 49.3 Å². The Hall–Kier alpha value is -3.31. The van der Waals surface area contributed by atoms with Crippen molar-refractivity contribution in [2.75, 3.05) is 14.2 Å². The molecule has 0 radical (unpaired) electrons. The molecule has 0 aliphatic carbocycles. The fourth-order valence-corrected chi connectivity index (χ4v) is 5.21. The molecule has 1 fully saturated rings. The Morgan fingerprint density at radius 1 is 1.00 bits per heavy atom. The van der Waals surface area contributed by atoms with Crippen molar-refractivity contribution in [2.24, 2.45) is 0 Å². The molecule has 1 heterocycles. The zero-order valence-corrected chi connectivity index (χ0v) is 17.1. The van der Waals surface area contributed by atoms with Gasteiger partial charge in [-0.2, -0.15) is 4.31 Å².